The molecule has 2 heterocycles. The van der Waals surface area contributed by atoms with Gasteiger partial charge in [0, 0.05) is 6.54 Å². The number of sulfonamides is 1. The van der Waals surface area contributed by atoms with E-state index in [1.54, 1.807) is 24.6 Å². The summed E-state index contributed by atoms with van der Waals surface area (Å²) in [6, 6.07) is 5.76. The standard InChI is InChI=1S/C16H19N3O5S/c1-10-3-4-12(16(21)22)7-15(10)25(23,24)18-5-6-19-13(9-18)8-14(17-19)11(2)20/h3-4,7-8,11,20H,5-6,9H2,1-2H3,(H,21,22). The Hall–Kier alpha value is -2.23. The second-order valence-corrected chi connectivity index (χ2v) is 7.99. The van der Waals surface area contributed by atoms with Crippen LogP contribution >= 0.6 is 0 Å². The summed E-state index contributed by atoms with van der Waals surface area (Å²) in [4.78, 5) is 11.2. The normalized spacial score (nSPS) is 16.4. The first-order chi connectivity index (χ1) is 11.7. The van der Waals surface area contributed by atoms with E-state index in [9.17, 15) is 18.3 Å². The molecule has 0 spiro atoms. The number of aryl methyl sites for hydroxylation is 1. The number of aliphatic hydroxyl groups excluding tert-OH is 1. The SMILES string of the molecule is Cc1ccc(C(=O)O)cc1S(=O)(=O)N1CCn2nc(C(C)O)cc2C1. The molecule has 0 amide bonds. The molecule has 0 saturated carbocycles. The van der Waals surface area contributed by atoms with Crippen LogP contribution in [0.4, 0.5) is 0 Å². The summed E-state index contributed by atoms with van der Waals surface area (Å²) < 4.78 is 29.0. The first-order valence-electron chi connectivity index (χ1n) is 7.79. The summed E-state index contributed by atoms with van der Waals surface area (Å²) in [5.41, 5.74) is 1.62. The van der Waals surface area contributed by atoms with Crippen LogP contribution in [0, 0.1) is 6.92 Å². The average molecular weight is 365 g/mol. The molecule has 9 heteroatoms. The molecule has 8 nitrogen and oxygen atoms in total. The fourth-order valence-corrected chi connectivity index (χ4v) is 4.48. The number of carboxylic acid groups (broad SMARTS) is 1. The second-order valence-electron chi connectivity index (χ2n) is 6.08. The summed E-state index contributed by atoms with van der Waals surface area (Å²) in [6.45, 7) is 3.96. The van der Waals surface area contributed by atoms with Gasteiger partial charge in [0.15, 0.2) is 0 Å². The van der Waals surface area contributed by atoms with E-state index in [0.717, 1.165) is 0 Å². The largest absolute Gasteiger partial charge is 0.478 e. The number of nitrogens with zero attached hydrogens (tertiary/aromatic N) is 3. The van der Waals surface area contributed by atoms with E-state index in [2.05, 4.69) is 5.10 Å². The Balaban J connectivity index is 1.96. The van der Waals surface area contributed by atoms with Crippen molar-refractivity contribution in [1.82, 2.24) is 14.1 Å². The molecule has 1 atom stereocenters. The van der Waals surface area contributed by atoms with E-state index in [4.69, 9.17) is 5.11 Å². The molecule has 1 aromatic heterocycles. The summed E-state index contributed by atoms with van der Waals surface area (Å²) in [7, 11) is -3.84. The van der Waals surface area contributed by atoms with Crippen molar-refractivity contribution in [3.05, 3.63) is 46.8 Å². The number of carbonyl (C=O) groups is 1. The third-order valence-electron chi connectivity index (χ3n) is 4.26. The van der Waals surface area contributed by atoms with E-state index in [1.165, 1.54) is 22.5 Å². The van der Waals surface area contributed by atoms with Crippen molar-refractivity contribution in [2.24, 2.45) is 0 Å². The first kappa shape index (κ1) is 17.6. The summed E-state index contributed by atoms with van der Waals surface area (Å²) in [6.07, 6.45) is -0.724. The highest BCUT2D eigenvalue weighted by Gasteiger charge is 2.31. The van der Waals surface area contributed by atoms with Crippen LogP contribution in [0.5, 0.6) is 0 Å². The molecule has 134 valence electrons. The number of aromatic carboxylic acids is 1. The number of rotatable bonds is 4. The smallest absolute Gasteiger partial charge is 0.335 e. The van der Waals surface area contributed by atoms with Gasteiger partial charge in [0.05, 0.1) is 41.0 Å². The van der Waals surface area contributed by atoms with Gasteiger partial charge in [-0.15, -0.1) is 0 Å². The fourth-order valence-electron chi connectivity index (χ4n) is 2.82. The Morgan fingerprint density at radius 2 is 2.00 bits per heavy atom. The zero-order valence-corrected chi connectivity index (χ0v) is 14.7. The summed E-state index contributed by atoms with van der Waals surface area (Å²) in [5.74, 6) is -1.17. The molecule has 1 aromatic carbocycles. The van der Waals surface area contributed by atoms with E-state index in [0.29, 0.717) is 23.5 Å². The van der Waals surface area contributed by atoms with Crippen molar-refractivity contribution >= 4 is 16.0 Å². The van der Waals surface area contributed by atoms with Gasteiger partial charge < -0.3 is 10.2 Å². The molecule has 1 aliphatic heterocycles. The lowest BCUT2D eigenvalue weighted by molar-refractivity contribution is 0.0696. The molecule has 25 heavy (non-hydrogen) atoms. The van der Waals surface area contributed by atoms with Gasteiger partial charge in [0.1, 0.15) is 0 Å². The number of aromatic nitrogens is 2. The summed E-state index contributed by atoms with van der Waals surface area (Å²) in [5, 5.41) is 23.0. The van der Waals surface area contributed by atoms with Crippen LogP contribution in [0.1, 0.15) is 40.3 Å². The van der Waals surface area contributed by atoms with Crippen molar-refractivity contribution in [2.75, 3.05) is 6.54 Å². The molecule has 2 aromatic rings. The van der Waals surface area contributed by atoms with Gasteiger partial charge in [-0.1, -0.05) is 6.07 Å². The van der Waals surface area contributed by atoms with Gasteiger partial charge in [0.25, 0.3) is 0 Å². The van der Waals surface area contributed by atoms with Crippen molar-refractivity contribution in [3.8, 4) is 0 Å². The van der Waals surface area contributed by atoms with Crippen LogP contribution < -0.4 is 0 Å². The number of aliphatic hydroxyl groups is 1. The lowest BCUT2D eigenvalue weighted by atomic mass is 10.1. The Morgan fingerprint density at radius 1 is 1.28 bits per heavy atom. The number of fused-ring (bicyclic) bond motifs is 1. The molecule has 0 bridgehead atoms. The molecule has 1 aliphatic rings. The van der Waals surface area contributed by atoms with Crippen LogP contribution in [0.2, 0.25) is 0 Å². The van der Waals surface area contributed by atoms with Gasteiger partial charge in [0.2, 0.25) is 10.0 Å². The van der Waals surface area contributed by atoms with Crippen molar-refractivity contribution in [3.63, 3.8) is 0 Å². The molecular weight excluding hydrogens is 346 g/mol. The van der Waals surface area contributed by atoms with Crippen LogP contribution in [0.3, 0.4) is 0 Å². The molecular formula is C16H19N3O5S. The van der Waals surface area contributed by atoms with Gasteiger partial charge in [-0.2, -0.15) is 9.40 Å². The van der Waals surface area contributed by atoms with Crippen LogP contribution in [-0.4, -0.2) is 45.2 Å². The second kappa shape index (κ2) is 6.25. The van der Waals surface area contributed by atoms with Gasteiger partial charge in [-0.25, -0.2) is 13.2 Å². The lowest BCUT2D eigenvalue weighted by Gasteiger charge is -2.27. The fraction of sp³-hybridized carbons (Fsp3) is 0.375. The topological polar surface area (TPSA) is 113 Å². The maximum Gasteiger partial charge on any atom is 0.335 e. The molecule has 0 radical (unpaired) electrons. The highest BCUT2D eigenvalue weighted by Crippen LogP contribution is 2.26. The number of benzene rings is 1. The van der Waals surface area contributed by atoms with Gasteiger partial charge in [-0.3, -0.25) is 4.68 Å². The predicted octanol–water partition coefficient (Wildman–Crippen LogP) is 1.15. The van der Waals surface area contributed by atoms with Crippen molar-refractivity contribution in [1.29, 1.82) is 0 Å². The van der Waals surface area contributed by atoms with E-state index in [-0.39, 0.29) is 23.5 Å². The van der Waals surface area contributed by atoms with Crippen molar-refractivity contribution in [2.45, 2.75) is 37.9 Å². The molecule has 2 N–H and O–H groups in total. The summed E-state index contributed by atoms with van der Waals surface area (Å²) >= 11 is 0. The Bertz CT molecular complexity index is 933. The maximum atomic E-state index is 13.0. The Kier molecular flexibility index (Phi) is 4.40. The van der Waals surface area contributed by atoms with E-state index in [1.807, 2.05) is 0 Å². The first-order valence-corrected chi connectivity index (χ1v) is 9.23. The number of hydrogen-bond acceptors (Lipinski definition) is 5. The Labute approximate surface area is 145 Å². The number of hydrogen-bond donors (Lipinski definition) is 2. The van der Waals surface area contributed by atoms with Crippen molar-refractivity contribution < 1.29 is 23.4 Å². The zero-order valence-electron chi connectivity index (χ0n) is 13.9. The maximum absolute atomic E-state index is 13.0. The molecule has 0 aliphatic carbocycles. The minimum absolute atomic E-state index is 0.00360. The lowest BCUT2D eigenvalue weighted by Crippen LogP contribution is -2.38. The predicted molar refractivity (Wildman–Crippen MR) is 88.6 cm³/mol. The highest BCUT2D eigenvalue weighted by molar-refractivity contribution is 7.89. The third kappa shape index (κ3) is 3.17. The van der Waals surface area contributed by atoms with E-state index < -0.39 is 22.1 Å². The van der Waals surface area contributed by atoms with E-state index >= 15 is 0 Å². The monoisotopic (exact) mass is 365 g/mol. The van der Waals surface area contributed by atoms with Crippen LogP contribution in [0.25, 0.3) is 0 Å². The highest BCUT2D eigenvalue weighted by atomic mass is 32.2. The van der Waals surface area contributed by atoms with Gasteiger partial charge >= 0.3 is 5.97 Å². The Morgan fingerprint density at radius 3 is 2.64 bits per heavy atom. The number of carboxylic acids is 1. The molecule has 3 rings (SSSR count). The van der Waals surface area contributed by atoms with Gasteiger partial charge in [-0.05, 0) is 37.6 Å². The van der Waals surface area contributed by atoms with Crippen LogP contribution in [-0.2, 0) is 23.1 Å². The molecule has 1 unspecified atom stereocenters. The minimum atomic E-state index is -3.84. The zero-order chi connectivity index (χ0) is 18.4. The van der Waals surface area contributed by atoms with Crippen LogP contribution in [0.15, 0.2) is 29.2 Å². The molecule has 0 fully saturated rings. The molecule has 0 saturated heterocycles. The average Bonchev–Trinajstić information content (AvgIpc) is 2.98. The third-order valence-corrected chi connectivity index (χ3v) is 6.25. The minimum Gasteiger partial charge on any atom is -0.478 e. The quantitative estimate of drug-likeness (QED) is 0.840.